The first-order valence-corrected chi connectivity index (χ1v) is 8.35. The average molecular weight is 421 g/mol. The quantitative estimate of drug-likeness (QED) is 0.763. The van der Waals surface area contributed by atoms with Gasteiger partial charge in [-0.2, -0.15) is 0 Å². The second-order valence-corrected chi connectivity index (χ2v) is 6.64. The molecule has 1 aliphatic heterocycles. The Morgan fingerprint density at radius 2 is 1.96 bits per heavy atom. The minimum Gasteiger partial charge on any atom is -0.381 e. The monoisotopic (exact) mass is 419 g/mol. The number of para-hydroxylation sites is 1. The summed E-state index contributed by atoms with van der Waals surface area (Å²) in [5, 5.41) is 2.79. The van der Waals surface area contributed by atoms with E-state index in [2.05, 4.69) is 21.2 Å². The molecule has 2 rings (SSSR count). The summed E-state index contributed by atoms with van der Waals surface area (Å²) in [4.78, 5) is 26.3. The first kappa shape index (κ1) is 20.9. The maximum atomic E-state index is 12.7. The fourth-order valence-electron chi connectivity index (χ4n) is 2.71. The lowest BCUT2D eigenvalue weighted by Gasteiger charge is -2.37. The van der Waals surface area contributed by atoms with Crippen LogP contribution in [0.2, 0.25) is 0 Å². The van der Waals surface area contributed by atoms with E-state index in [0.717, 1.165) is 4.47 Å². The number of ether oxygens (including phenoxy) is 1. The second-order valence-electron chi connectivity index (χ2n) is 5.79. The maximum Gasteiger partial charge on any atom is 0.244 e. The van der Waals surface area contributed by atoms with Gasteiger partial charge in [0.25, 0.3) is 0 Å². The van der Waals surface area contributed by atoms with Crippen molar-refractivity contribution < 1.29 is 14.3 Å². The third-order valence-corrected chi connectivity index (χ3v) is 4.86. The lowest BCUT2D eigenvalue weighted by Crippen LogP contribution is -2.51. The number of nitrogens with two attached hydrogens (primary N) is 1. The molecule has 3 N–H and O–H groups in total. The molecule has 1 aromatic rings. The smallest absolute Gasteiger partial charge is 0.244 e. The summed E-state index contributed by atoms with van der Waals surface area (Å²) >= 11 is 3.38. The van der Waals surface area contributed by atoms with Crippen LogP contribution in [0.3, 0.4) is 0 Å². The van der Waals surface area contributed by atoms with Crippen molar-refractivity contribution in [3.05, 3.63) is 28.7 Å². The number of carbonyl (C=O) groups excluding carboxylic acids is 2. The molecule has 0 spiro atoms. The molecular formula is C16H23BrClN3O3. The van der Waals surface area contributed by atoms with Crippen LogP contribution in [0.4, 0.5) is 5.69 Å². The predicted octanol–water partition coefficient (Wildman–Crippen LogP) is 2.02. The van der Waals surface area contributed by atoms with Crippen molar-refractivity contribution in [3.8, 4) is 0 Å². The Morgan fingerprint density at radius 1 is 1.33 bits per heavy atom. The molecule has 134 valence electrons. The van der Waals surface area contributed by atoms with Gasteiger partial charge in [0.1, 0.15) is 0 Å². The summed E-state index contributed by atoms with van der Waals surface area (Å²) in [5.41, 5.74) is 5.91. The van der Waals surface area contributed by atoms with Crippen molar-refractivity contribution in [1.29, 1.82) is 0 Å². The maximum absolute atomic E-state index is 12.7. The van der Waals surface area contributed by atoms with Crippen LogP contribution in [-0.4, -0.2) is 50.1 Å². The van der Waals surface area contributed by atoms with Crippen LogP contribution < -0.4 is 11.1 Å². The Bertz CT molecular complexity index is 579. The minimum absolute atomic E-state index is 0. The van der Waals surface area contributed by atoms with E-state index in [1.807, 2.05) is 18.2 Å². The molecule has 1 aliphatic rings. The van der Waals surface area contributed by atoms with Crippen molar-refractivity contribution in [3.63, 3.8) is 0 Å². The van der Waals surface area contributed by atoms with Crippen LogP contribution >= 0.6 is 28.3 Å². The molecule has 0 saturated carbocycles. The number of nitrogens with zero attached hydrogens (tertiary/aromatic N) is 1. The first-order valence-electron chi connectivity index (χ1n) is 7.56. The Labute approximate surface area is 156 Å². The van der Waals surface area contributed by atoms with Crippen molar-refractivity contribution in [1.82, 2.24) is 4.90 Å². The SMILES string of the molecule is CN(CC(=O)Nc1ccccc1Br)C(=O)C1(CN)CCOCC1.Cl. The average Bonchev–Trinajstić information content (AvgIpc) is 2.56. The number of rotatable bonds is 5. The number of nitrogens with one attached hydrogen (secondary N) is 1. The van der Waals surface area contributed by atoms with Gasteiger partial charge in [-0.25, -0.2) is 0 Å². The van der Waals surface area contributed by atoms with Gasteiger partial charge in [-0.15, -0.1) is 12.4 Å². The lowest BCUT2D eigenvalue weighted by atomic mass is 9.79. The molecule has 1 fully saturated rings. The van der Waals surface area contributed by atoms with E-state index in [9.17, 15) is 9.59 Å². The summed E-state index contributed by atoms with van der Waals surface area (Å²) in [6.07, 6.45) is 1.19. The molecule has 0 aromatic heterocycles. The summed E-state index contributed by atoms with van der Waals surface area (Å²) in [5.74, 6) is -0.336. The predicted molar refractivity (Wildman–Crippen MR) is 99.2 cm³/mol. The van der Waals surface area contributed by atoms with Gasteiger partial charge in [-0.3, -0.25) is 9.59 Å². The third kappa shape index (κ3) is 4.92. The van der Waals surface area contributed by atoms with Gasteiger partial charge >= 0.3 is 0 Å². The van der Waals surface area contributed by atoms with Crippen LogP contribution in [0, 0.1) is 5.41 Å². The Hall–Kier alpha value is -1.15. The standard InChI is InChI=1S/C16H22BrN3O3.ClH/c1-20(15(22)16(11-18)6-8-23-9-7-16)10-14(21)19-13-5-3-2-4-12(13)17;/h2-5H,6-11,18H2,1H3,(H,19,21);1H. The normalized spacial score (nSPS) is 16.0. The summed E-state index contributed by atoms with van der Waals surface area (Å²) in [7, 11) is 1.63. The Balaban J connectivity index is 0.00000288. The van der Waals surface area contributed by atoms with Gasteiger partial charge in [-0.1, -0.05) is 12.1 Å². The number of hydrogen-bond donors (Lipinski definition) is 2. The van der Waals surface area contributed by atoms with Gasteiger partial charge < -0.3 is 20.7 Å². The number of anilines is 1. The summed E-state index contributed by atoms with van der Waals surface area (Å²) in [6.45, 7) is 1.31. The van der Waals surface area contributed by atoms with Gasteiger partial charge in [0.05, 0.1) is 17.6 Å². The number of carbonyl (C=O) groups is 2. The molecule has 8 heteroatoms. The highest BCUT2D eigenvalue weighted by atomic mass is 79.9. The zero-order valence-electron chi connectivity index (χ0n) is 13.6. The number of benzene rings is 1. The minimum atomic E-state index is -0.611. The number of amides is 2. The van der Waals surface area contributed by atoms with Gasteiger partial charge in [0.2, 0.25) is 11.8 Å². The second kappa shape index (κ2) is 9.36. The molecule has 6 nitrogen and oxygen atoms in total. The van der Waals surface area contributed by atoms with E-state index >= 15 is 0 Å². The summed E-state index contributed by atoms with van der Waals surface area (Å²) < 4.78 is 6.12. The molecule has 24 heavy (non-hydrogen) atoms. The zero-order chi connectivity index (χ0) is 16.9. The van der Waals surface area contributed by atoms with E-state index in [-0.39, 0.29) is 37.3 Å². The van der Waals surface area contributed by atoms with Crippen molar-refractivity contribution in [2.45, 2.75) is 12.8 Å². The molecule has 1 aromatic carbocycles. The van der Waals surface area contributed by atoms with Crippen molar-refractivity contribution in [2.24, 2.45) is 11.1 Å². The van der Waals surface area contributed by atoms with E-state index in [4.69, 9.17) is 10.5 Å². The number of likely N-dealkylation sites (N-methyl/N-ethyl adjacent to an activating group) is 1. The molecule has 1 saturated heterocycles. The van der Waals surface area contributed by atoms with Crippen molar-refractivity contribution >= 4 is 45.8 Å². The Kier molecular flexibility index (Phi) is 8.15. The Morgan fingerprint density at radius 3 is 2.54 bits per heavy atom. The highest BCUT2D eigenvalue weighted by Gasteiger charge is 2.40. The number of hydrogen-bond acceptors (Lipinski definition) is 4. The summed E-state index contributed by atoms with van der Waals surface area (Å²) in [6, 6.07) is 7.34. The first-order chi connectivity index (χ1) is 11.0. The molecule has 0 radical (unpaired) electrons. The lowest BCUT2D eigenvalue weighted by molar-refractivity contribution is -0.147. The van der Waals surface area contributed by atoms with E-state index in [1.165, 1.54) is 4.90 Å². The third-order valence-electron chi connectivity index (χ3n) is 4.17. The molecule has 0 unspecified atom stereocenters. The van der Waals surface area contributed by atoms with Crippen LogP contribution in [0.15, 0.2) is 28.7 Å². The molecule has 0 atom stereocenters. The van der Waals surface area contributed by atoms with E-state index in [0.29, 0.717) is 31.7 Å². The number of halogens is 2. The van der Waals surface area contributed by atoms with E-state index in [1.54, 1.807) is 13.1 Å². The fraction of sp³-hybridized carbons (Fsp3) is 0.500. The van der Waals surface area contributed by atoms with Crippen molar-refractivity contribution in [2.75, 3.05) is 38.7 Å². The van der Waals surface area contributed by atoms with Gasteiger partial charge in [-0.05, 0) is 40.9 Å². The van der Waals surface area contributed by atoms with Crippen LogP contribution in [-0.2, 0) is 14.3 Å². The highest BCUT2D eigenvalue weighted by molar-refractivity contribution is 9.10. The molecule has 2 amide bonds. The topological polar surface area (TPSA) is 84.7 Å². The zero-order valence-corrected chi connectivity index (χ0v) is 16.0. The van der Waals surface area contributed by atoms with Crippen LogP contribution in [0.1, 0.15) is 12.8 Å². The highest BCUT2D eigenvalue weighted by Crippen LogP contribution is 2.31. The molecule has 0 aliphatic carbocycles. The van der Waals surface area contributed by atoms with E-state index < -0.39 is 5.41 Å². The molecule has 1 heterocycles. The molecular weight excluding hydrogens is 398 g/mol. The van der Waals surface area contributed by atoms with Gasteiger partial charge in [0.15, 0.2) is 0 Å². The van der Waals surface area contributed by atoms with Crippen LogP contribution in [0.5, 0.6) is 0 Å². The van der Waals surface area contributed by atoms with Crippen LogP contribution in [0.25, 0.3) is 0 Å². The molecule has 0 bridgehead atoms. The largest absolute Gasteiger partial charge is 0.381 e. The fourth-order valence-corrected chi connectivity index (χ4v) is 3.10. The van der Waals surface area contributed by atoms with Gasteiger partial charge in [0, 0.05) is 31.3 Å².